The Morgan fingerprint density at radius 1 is 1.23 bits per heavy atom. The number of ether oxygens (including phenoxy) is 2. The number of nitrogens with zero attached hydrogens (tertiary/aromatic N) is 1. The summed E-state index contributed by atoms with van der Waals surface area (Å²) in [5, 5.41) is 4.15. The maximum absolute atomic E-state index is 11.6. The molecule has 0 unspecified atom stereocenters. The molecule has 2 N–H and O–H groups in total. The van der Waals surface area contributed by atoms with Gasteiger partial charge in [-0.2, -0.15) is 0 Å². The summed E-state index contributed by atoms with van der Waals surface area (Å²) in [6, 6.07) is 11.3. The minimum Gasteiger partial charge on any atom is -0.434 e. The lowest BCUT2D eigenvalue weighted by atomic mass is 10.2. The number of rotatable bonds is 4. The van der Waals surface area contributed by atoms with Crippen LogP contribution in [0.5, 0.6) is 5.88 Å². The van der Waals surface area contributed by atoms with E-state index in [9.17, 15) is 4.79 Å². The van der Waals surface area contributed by atoms with Gasteiger partial charge in [-0.25, -0.2) is 4.79 Å². The standard InChI is InChI=1S/C16H15N3O3/c1-2-21-16(20)22-15-14(18-11-7-9-17-10-8-11)12-5-3-4-6-13(12)19-15/h3-10,19H,2H2,1H3,(H,17,18). The Hall–Kier alpha value is -3.02. The van der Waals surface area contributed by atoms with Gasteiger partial charge < -0.3 is 19.8 Å². The zero-order valence-corrected chi connectivity index (χ0v) is 12.0. The van der Waals surface area contributed by atoms with Crippen molar-refractivity contribution >= 4 is 28.4 Å². The number of anilines is 2. The number of aromatic nitrogens is 2. The van der Waals surface area contributed by atoms with Gasteiger partial charge in [0.25, 0.3) is 0 Å². The number of carbonyl (C=O) groups excluding carboxylic acids is 1. The fraction of sp³-hybridized carbons (Fsp3) is 0.125. The van der Waals surface area contributed by atoms with E-state index in [0.29, 0.717) is 11.6 Å². The lowest BCUT2D eigenvalue weighted by Gasteiger charge is -2.08. The molecule has 0 bridgehead atoms. The van der Waals surface area contributed by atoms with E-state index in [1.54, 1.807) is 19.3 Å². The van der Waals surface area contributed by atoms with Crippen LogP contribution >= 0.6 is 0 Å². The fourth-order valence-electron chi connectivity index (χ4n) is 2.13. The SMILES string of the molecule is CCOC(=O)Oc1[nH]c2ccccc2c1Nc1ccncc1. The number of hydrogen-bond acceptors (Lipinski definition) is 5. The van der Waals surface area contributed by atoms with Gasteiger partial charge in [0.1, 0.15) is 5.69 Å². The molecule has 0 spiro atoms. The van der Waals surface area contributed by atoms with E-state index in [4.69, 9.17) is 9.47 Å². The van der Waals surface area contributed by atoms with Crippen molar-refractivity contribution in [1.29, 1.82) is 0 Å². The average molecular weight is 297 g/mol. The van der Waals surface area contributed by atoms with E-state index in [-0.39, 0.29) is 6.61 Å². The van der Waals surface area contributed by atoms with Gasteiger partial charge in [0.15, 0.2) is 0 Å². The van der Waals surface area contributed by atoms with E-state index in [1.807, 2.05) is 36.4 Å². The Kier molecular flexibility index (Phi) is 3.91. The number of nitrogens with one attached hydrogen (secondary N) is 2. The van der Waals surface area contributed by atoms with Crippen LogP contribution in [0, 0.1) is 0 Å². The summed E-state index contributed by atoms with van der Waals surface area (Å²) in [6.07, 6.45) is 2.62. The summed E-state index contributed by atoms with van der Waals surface area (Å²) in [6.45, 7) is 1.98. The molecule has 0 aliphatic carbocycles. The summed E-state index contributed by atoms with van der Waals surface area (Å²) in [7, 11) is 0. The van der Waals surface area contributed by atoms with Crippen LogP contribution in [-0.2, 0) is 4.74 Å². The predicted octanol–water partition coefficient (Wildman–Crippen LogP) is 3.84. The zero-order chi connectivity index (χ0) is 15.4. The van der Waals surface area contributed by atoms with Crippen LogP contribution < -0.4 is 10.1 Å². The van der Waals surface area contributed by atoms with Crippen molar-refractivity contribution in [3.63, 3.8) is 0 Å². The minimum atomic E-state index is -0.744. The van der Waals surface area contributed by atoms with E-state index in [2.05, 4.69) is 15.3 Å². The Labute approximate surface area is 127 Å². The largest absolute Gasteiger partial charge is 0.515 e. The molecule has 0 aliphatic heterocycles. The Morgan fingerprint density at radius 3 is 2.77 bits per heavy atom. The number of para-hydroxylation sites is 1. The van der Waals surface area contributed by atoms with Gasteiger partial charge in [0, 0.05) is 23.5 Å². The van der Waals surface area contributed by atoms with Gasteiger partial charge in [-0.15, -0.1) is 0 Å². The van der Waals surface area contributed by atoms with Crippen LogP contribution in [0.4, 0.5) is 16.2 Å². The molecule has 1 aromatic carbocycles. The van der Waals surface area contributed by atoms with E-state index >= 15 is 0 Å². The smallest absolute Gasteiger partial charge is 0.434 e. The van der Waals surface area contributed by atoms with Gasteiger partial charge >= 0.3 is 6.16 Å². The molecule has 0 saturated heterocycles. The van der Waals surface area contributed by atoms with Crippen LogP contribution in [0.25, 0.3) is 10.9 Å². The Balaban J connectivity index is 1.99. The molecule has 6 heteroatoms. The zero-order valence-electron chi connectivity index (χ0n) is 12.0. The Bertz CT molecular complexity index is 784. The summed E-state index contributed by atoms with van der Waals surface area (Å²) < 4.78 is 10.1. The van der Waals surface area contributed by atoms with Gasteiger partial charge in [0.05, 0.1) is 12.1 Å². The van der Waals surface area contributed by atoms with Crippen molar-refractivity contribution in [2.45, 2.75) is 6.92 Å². The van der Waals surface area contributed by atoms with Gasteiger partial charge in [-0.3, -0.25) is 4.98 Å². The van der Waals surface area contributed by atoms with Crippen LogP contribution in [0.15, 0.2) is 48.8 Å². The first-order valence-electron chi connectivity index (χ1n) is 6.90. The third-order valence-electron chi connectivity index (χ3n) is 3.07. The summed E-state index contributed by atoms with van der Waals surface area (Å²) in [4.78, 5) is 18.6. The third kappa shape index (κ3) is 2.85. The highest BCUT2D eigenvalue weighted by Gasteiger charge is 2.16. The maximum Gasteiger partial charge on any atom is 0.515 e. The van der Waals surface area contributed by atoms with Gasteiger partial charge in [-0.1, -0.05) is 18.2 Å². The summed E-state index contributed by atoms with van der Waals surface area (Å²) in [5.41, 5.74) is 2.38. The van der Waals surface area contributed by atoms with Crippen molar-refractivity contribution in [3.05, 3.63) is 48.8 Å². The highest BCUT2D eigenvalue weighted by Crippen LogP contribution is 2.35. The number of pyridine rings is 1. The molecule has 0 radical (unpaired) electrons. The first-order chi connectivity index (χ1) is 10.8. The number of fused-ring (bicyclic) bond motifs is 1. The second kappa shape index (κ2) is 6.17. The number of H-pyrrole nitrogens is 1. The average Bonchev–Trinajstić information content (AvgIpc) is 2.86. The highest BCUT2D eigenvalue weighted by atomic mass is 16.7. The topological polar surface area (TPSA) is 76.2 Å². The predicted molar refractivity (Wildman–Crippen MR) is 83.5 cm³/mol. The molecule has 0 fully saturated rings. The second-order valence-electron chi connectivity index (χ2n) is 4.52. The normalized spacial score (nSPS) is 10.4. The molecule has 2 aromatic heterocycles. The molecule has 0 amide bonds. The summed E-state index contributed by atoms with van der Waals surface area (Å²) >= 11 is 0. The van der Waals surface area contributed by atoms with Crippen LogP contribution in [0.1, 0.15) is 6.92 Å². The molecule has 112 valence electrons. The molecular formula is C16H15N3O3. The lowest BCUT2D eigenvalue weighted by molar-refractivity contribution is 0.103. The van der Waals surface area contributed by atoms with Crippen LogP contribution in [0.3, 0.4) is 0 Å². The Morgan fingerprint density at radius 2 is 2.00 bits per heavy atom. The minimum absolute atomic E-state index is 0.256. The quantitative estimate of drug-likeness (QED) is 0.715. The molecule has 6 nitrogen and oxygen atoms in total. The van der Waals surface area contributed by atoms with E-state index in [0.717, 1.165) is 16.6 Å². The number of benzene rings is 1. The molecule has 3 aromatic rings. The molecular weight excluding hydrogens is 282 g/mol. The molecule has 0 atom stereocenters. The first kappa shape index (κ1) is 13.9. The van der Waals surface area contributed by atoms with Crippen molar-refractivity contribution < 1.29 is 14.3 Å². The molecule has 0 aliphatic rings. The molecule has 22 heavy (non-hydrogen) atoms. The summed E-state index contributed by atoms with van der Waals surface area (Å²) in [5.74, 6) is 0.316. The van der Waals surface area contributed by atoms with Crippen molar-refractivity contribution in [1.82, 2.24) is 9.97 Å². The maximum atomic E-state index is 11.6. The van der Waals surface area contributed by atoms with Crippen LogP contribution in [-0.4, -0.2) is 22.7 Å². The van der Waals surface area contributed by atoms with Crippen molar-refractivity contribution in [2.24, 2.45) is 0 Å². The van der Waals surface area contributed by atoms with Crippen molar-refractivity contribution in [2.75, 3.05) is 11.9 Å². The monoisotopic (exact) mass is 297 g/mol. The van der Waals surface area contributed by atoms with E-state index < -0.39 is 6.16 Å². The molecule has 2 heterocycles. The number of hydrogen-bond donors (Lipinski definition) is 2. The lowest BCUT2D eigenvalue weighted by Crippen LogP contribution is -2.11. The van der Waals surface area contributed by atoms with Crippen molar-refractivity contribution in [3.8, 4) is 5.88 Å². The highest BCUT2D eigenvalue weighted by molar-refractivity contribution is 5.98. The first-order valence-corrected chi connectivity index (χ1v) is 6.90. The number of carbonyl (C=O) groups is 1. The van der Waals surface area contributed by atoms with Crippen LogP contribution in [0.2, 0.25) is 0 Å². The fourth-order valence-corrected chi connectivity index (χ4v) is 2.13. The third-order valence-corrected chi connectivity index (χ3v) is 3.07. The molecule has 0 saturated carbocycles. The number of aromatic amines is 1. The molecule has 3 rings (SSSR count). The van der Waals surface area contributed by atoms with Gasteiger partial charge in [0.2, 0.25) is 5.88 Å². The van der Waals surface area contributed by atoms with Gasteiger partial charge in [-0.05, 0) is 25.1 Å². The second-order valence-corrected chi connectivity index (χ2v) is 4.52. The van der Waals surface area contributed by atoms with E-state index in [1.165, 1.54) is 0 Å².